The molecule has 0 radical (unpaired) electrons. The molecule has 0 aliphatic rings. The molecule has 0 saturated carbocycles. The highest BCUT2D eigenvalue weighted by molar-refractivity contribution is 9.10. The molecule has 0 atom stereocenters. The van der Waals surface area contributed by atoms with E-state index in [1.807, 2.05) is 0 Å². The summed E-state index contributed by atoms with van der Waals surface area (Å²) >= 11 is 3.31. The van der Waals surface area contributed by atoms with Gasteiger partial charge in [0, 0.05) is 10.0 Å². The lowest BCUT2D eigenvalue weighted by Gasteiger charge is -2.05. The smallest absolute Gasteiger partial charge is 0.252 e. The van der Waals surface area contributed by atoms with Crippen LogP contribution in [0.15, 0.2) is 53.0 Å². The Balaban J connectivity index is 1.79. The number of hydrogen-bond acceptors (Lipinski definition) is 3. The molecule has 2 amide bonds. The van der Waals surface area contributed by atoms with Crippen LogP contribution >= 0.6 is 15.9 Å². The summed E-state index contributed by atoms with van der Waals surface area (Å²) in [4.78, 5) is 23.1. The van der Waals surface area contributed by atoms with Crippen LogP contribution in [0.25, 0.3) is 0 Å². The maximum Gasteiger partial charge on any atom is 0.252 e. The predicted octanol–water partition coefficient (Wildman–Crippen LogP) is 2.36. The van der Waals surface area contributed by atoms with Gasteiger partial charge in [-0.1, -0.05) is 39.9 Å². The fraction of sp³-hybridized carbons (Fsp3) is 0.111. The van der Waals surface area contributed by atoms with Crippen molar-refractivity contribution < 1.29 is 14.3 Å². The molecule has 0 aromatic heterocycles. The minimum atomic E-state index is -0.555. The summed E-state index contributed by atoms with van der Waals surface area (Å²) in [5.41, 5.74) is 6.13. The maximum atomic E-state index is 11.9. The maximum absolute atomic E-state index is 11.9. The van der Waals surface area contributed by atoms with E-state index in [9.17, 15) is 9.59 Å². The Morgan fingerprint density at radius 3 is 2.50 bits per heavy atom. The number of nitrogens with two attached hydrogens (primary N) is 1. The van der Waals surface area contributed by atoms with E-state index in [4.69, 9.17) is 10.5 Å². The molecule has 24 heavy (non-hydrogen) atoms. The number of hydrogen-bond donors (Lipinski definition) is 2. The van der Waals surface area contributed by atoms with Crippen LogP contribution in [0, 0.1) is 11.8 Å². The molecule has 6 heteroatoms. The summed E-state index contributed by atoms with van der Waals surface area (Å²) in [5, 5.41) is 2.69. The monoisotopic (exact) mass is 386 g/mol. The molecule has 2 aromatic rings. The molecule has 0 aliphatic heterocycles. The fourth-order valence-electron chi connectivity index (χ4n) is 1.85. The van der Waals surface area contributed by atoms with Crippen molar-refractivity contribution in [1.82, 2.24) is 5.32 Å². The van der Waals surface area contributed by atoms with E-state index < -0.39 is 5.91 Å². The highest BCUT2D eigenvalue weighted by Gasteiger charge is 2.07. The number of rotatable bonds is 5. The van der Waals surface area contributed by atoms with Crippen molar-refractivity contribution in [2.45, 2.75) is 0 Å². The lowest BCUT2D eigenvalue weighted by Crippen LogP contribution is -2.23. The zero-order valence-corrected chi connectivity index (χ0v) is 14.3. The minimum Gasteiger partial charge on any atom is -0.480 e. The van der Waals surface area contributed by atoms with Crippen molar-refractivity contribution in [3.63, 3.8) is 0 Å². The summed E-state index contributed by atoms with van der Waals surface area (Å²) in [5.74, 6) is 5.19. The van der Waals surface area contributed by atoms with Gasteiger partial charge >= 0.3 is 0 Å². The van der Waals surface area contributed by atoms with Gasteiger partial charge in [0.05, 0.1) is 12.1 Å². The molecule has 2 aromatic carbocycles. The van der Waals surface area contributed by atoms with Crippen molar-refractivity contribution in [3.05, 3.63) is 64.1 Å². The van der Waals surface area contributed by atoms with Crippen LogP contribution < -0.4 is 15.8 Å². The third-order valence-corrected chi connectivity index (χ3v) is 3.55. The van der Waals surface area contributed by atoms with Crippen LogP contribution in [-0.2, 0) is 0 Å². The molecule has 122 valence electrons. The molecule has 0 heterocycles. The van der Waals surface area contributed by atoms with Crippen LogP contribution in [-0.4, -0.2) is 25.0 Å². The number of benzene rings is 2. The number of carbonyl (C=O) groups is 2. The van der Waals surface area contributed by atoms with E-state index in [1.54, 1.807) is 48.5 Å². The molecule has 0 fully saturated rings. The van der Waals surface area contributed by atoms with E-state index in [2.05, 4.69) is 33.1 Å². The van der Waals surface area contributed by atoms with Crippen LogP contribution in [0.3, 0.4) is 0 Å². The van der Waals surface area contributed by atoms with Gasteiger partial charge in [0.2, 0.25) is 0 Å². The number of ether oxygens (including phenoxy) is 1. The molecule has 3 N–H and O–H groups in total. The fourth-order valence-corrected chi connectivity index (χ4v) is 2.12. The first-order chi connectivity index (χ1) is 11.6. The molecule has 0 bridgehead atoms. The second kappa shape index (κ2) is 8.75. The van der Waals surface area contributed by atoms with Gasteiger partial charge in [-0.05, 0) is 36.4 Å². The van der Waals surface area contributed by atoms with Gasteiger partial charge in [0.15, 0.2) is 0 Å². The average Bonchev–Trinajstić information content (AvgIpc) is 2.58. The van der Waals surface area contributed by atoms with Crippen molar-refractivity contribution in [1.29, 1.82) is 0 Å². The van der Waals surface area contributed by atoms with Crippen LogP contribution in [0.2, 0.25) is 0 Å². The SMILES string of the molecule is NC(=O)c1ccccc1OCC#CCNC(=O)c1ccc(Br)cc1. The molecular weight excluding hydrogens is 372 g/mol. The van der Waals surface area contributed by atoms with Crippen molar-refractivity contribution in [2.24, 2.45) is 5.73 Å². The summed E-state index contributed by atoms with van der Waals surface area (Å²) < 4.78 is 6.32. The molecule has 2 rings (SSSR count). The van der Waals surface area contributed by atoms with Gasteiger partial charge < -0.3 is 15.8 Å². The predicted molar refractivity (Wildman–Crippen MR) is 94.7 cm³/mol. The van der Waals surface area contributed by atoms with Crippen molar-refractivity contribution >= 4 is 27.7 Å². The topological polar surface area (TPSA) is 81.4 Å². The first-order valence-electron chi connectivity index (χ1n) is 7.09. The Morgan fingerprint density at radius 2 is 1.79 bits per heavy atom. The lowest BCUT2D eigenvalue weighted by molar-refractivity contribution is 0.0957. The largest absolute Gasteiger partial charge is 0.480 e. The highest BCUT2D eigenvalue weighted by Crippen LogP contribution is 2.16. The second-order valence-electron chi connectivity index (χ2n) is 4.69. The molecule has 0 aliphatic carbocycles. The van der Waals surface area contributed by atoms with Crippen molar-refractivity contribution in [3.8, 4) is 17.6 Å². The van der Waals surface area contributed by atoms with E-state index in [1.165, 1.54) is 0 Å². The minimum absolute atomic E-state index is 0.0957. The van der Waals surface area contributed by atoms with E-state index >= 15 is 0 Å². The summed E-state index contributed by atoms with van der Waals surface area (Å²) in [6, 6.07) is 13.7. The van der Waals surface area contributed by atoms with Crippen molar-refractivity contribution in [2.75, 3.05) is 13.2 Å². The Bertz CT molecular complexity index is 792. The quantitative estimate of drug-likeness (QED) is 0.773. The molecular formula is C18H15BrN2O3. The standard InChI is InChI=1S/C18H15BrN2O3/c19-14-9-7-13(8-10-14)18(23)21-11-3-4-12-24-16-6-2-1-5-15(16)17(20)22/h1-2,5-10H,11-12H2,(H2,20,22)(H,21,23). The van der Waals surface area contributed by atoms with Gasteiger partial charge in [0.1, 0.15) is 12.4 Å². The van der Waals surface area contributed by atoms with Gasteiger partial charge in [-0.25, -0.2) is 0 Å². The van der Waals surface area contributed by atoms with Crippen LogP contribution in [0.4, 0.5) is 0 Å². The van der Waals surface area contributed by atoms with Gasteiger partial charge in [0.25, 0.3) is 11.8 Å². The number of para-hydroxylation sites is 1. The average molecular weight is 387 g/mol. The lowest BCUT2D eigenvalue weighted by atomic mass is 10.2. The van der Waals surface area contributed by atoms with Crippen LogP contribution in [0.5, 0.6) is 5.75 Å². The first kappa shape index (κ1) is 17.6. The molecule has 0 spiro atoms. The Labute approximate surface area is 148 Å². The Kier molecular flexibility index (Phi) is 6.41. The Hall–Kier alpha value is -2.78. The first-order valence-corrected chi connectivity index (χ1v) is 7.88. The number of halogens is 1. The molecule has 0 unspecified atom stereocenters. The van der Waals surface area contributed by atoms with E-state index in [0.717, 1.165) is 4.47 Å². The number of carbonyl (C=O) groups excluding carboxylic acids is 2. The molecule has 0 saturated heterocycles. The Morgan fingerprint density at radius 1 is 1.08 bits per heavy atom. The van der Waals surface area contributed by atoms with Crippen LogP contribution in [0.1, 0.15) is 20.7 Å². The van der Waals surface area contributed by atoms with Gasteiger partial charge in [-0.2, -0.15) is 0 Å². The third kappa shape index (κ3) is 5.14. The second-order valence-corrected chi connectivity index (χ2v) is 5.61. The number of amides is 2. The van der Waals surface area contributed by atoms with E-state index in [0.29, 0.717) is 16.9 Å². The van der Waals surface area contributed by atoms with Gasteiger partial charge in [-0.15, -0.1) is 0 Å². The zero-order valence-electron chi connectivity index (χ0n) is 12.7. The zero-order chi connectivity index (χ0) is 17.4. The number of primary amides is 1. The van der Waals surface area contributed by atoms with Gasteiger partial charge in [-0.3, -0.25) is 9.59 Å². The summed E-state index contributed by atoms with van der Waals surface area (Å²) in [6.07, 6.45) is 0. The normalized spacial score (nSPS) is 9.54. The van der Waals surface area contributed by atoms with E-state index in [-0.39, 0.29) is 19.1 Å². The third-order valence-electron chi connectivity index (χ3n) is 3.02. The highest BCUT2D eigenvalue weighted by atomic mass is 79.9. The number of nitrogens with one attached hydrogen (secondary N) is 1. The molecule has 5 nitrogen and oxygen atoms in total. The summed E-state index contributed by atoms with van der Waals surface area (Å²) in [7, 11) is 0. The summed E-state index contributed by atoms with van der Waals surface area (Å²) in [6.45, 7) is 0.300.